The Morgan fingerprint density at radius 1 is 1.28 bits per heavy atom. The van der Waals surface area contributed by atoms with Crippen LogP contribution in [0.5, 0.6) is 0 Å². The van der Waals surface area contributed by atoms with Crippen molar-refractivity contribution in [1.82, 2.24) is 5.32 Å². The summed E-state index contributed by atoms with van der Waals surface area (Å²) in [7, 11) is 0. The second kappa shape index (κ2) is 8.45. The first kappa shape index (κ1) is 17.9. The highest BCUT2D eigenvalue weighted by molar-refractivity contribution is 7.20. The van der Waals surface area contributed by atoms with Crippen molar-refractivity contribution in [3.8, 4) is 0 Å². The Balaban J connectivity index is 1.59. The molecule has 0 saturated carbocycles. The summed E-state index contributed by atoms with van der Waals surface area (Å²) in [6.45, 7) is 4.28. The number of amides is 1. The molecule has 0 spiro atoms. The third-order valence-corrected chi connectivity index (χ3v) is 5.61. The molecular weight excluding hydrogens is 336 g/mol. The van der Waals surface area contributed by atoms with Crippen LogP contribution in [0.1, 0.15) is 42.3 Å². The summed E-state index contributed by atoms with van der Waals surface area (Å²) in [5.41, 5.74) is 0.774. The molecule has 0 bridgehead atoms. The number of rotatable bonds is 6. The van der Waals surface area contributed by atoms with E-state index >= 15 is 0 Å². The molecule has 0 aliphatic carbocycles. The standard InChI is InChI=1S/C19H24N2O3S/c1-2-24-19(23)17-12-14-11-15(4-5-16(14)25-17)21-18(22)6-3-13-7-9-20-10-8-13/h4-5,11-13,20H,2-3,6-10H2,1H3,(H,21,22). The second-order valence-corrected chi connectivity index (χ2v) is 7.45. The molecule has 1 saturated heterocycles. The molecule has 1 aliphatic heterocycles. The van der Waals surface area contributed by atoms with Gasteiger partial charge >= 0.3 is 5.97 Å². The molecule has 3 rings (SSSR count). The second-order valence-electron chi connectivity index (χ2n) is 6.36. The van der Waals surface area contributed by atoms with Crippen molar-refractivity contribution < 1.29 is 14.3 Å². The molecule has 2 aromatic rings. The third kappa shape index (κ3) is 4.80. The van der Waals surface area contributed by atoms with Crippen LogP contribution in [-0.2, 0) is 9.53 Å². The fourth-order valence-corrected chi connectivity index (χ4v) is 4.09. The number of ether oxygens (including phenoxy) is 1. The summed E-state index contributed by atoms with van der Waals surface area (Å²) < 4.78 is 6.05. The van der Waals surface area contributed by atoms with Crippen LogP contribution in [-0.4, -0.2) is 31.6 Å². The molecule has 1 aromatic carbocycles. The Hall–Kier alpha value is -1.92. The fraction of sp³-hybridized carbons (Fsp3) is 0.474. The number of hydrogen-bond acceptors (Lipinski definition) is 5. The number of anilines is 1. The van der Waals surface area contributed by atoms with Crippen LogP contribution in [0.15, 0.2) is 24.3 Å². The molecule has 0 unspecified atom stereocenters. The van der Waals surface area contributed by atoms with Crippen molar-refractivity contribution in [2.75, 3.05) is 25.0 Å². The number of piperidine rings is 1. The lowest BCUT2D eigenvalue weighted by atomic mass is 9.93. The largest absolute Gasteiger partial charge is 0.462 e. The minimum Gasteiger partial charge on any atom is -0.462 e. The lowest BCUT2D eigenvalue weighted by molar-refractivity contribution is -0.116. The van der Waals surface area contributed by atoms with Gasteiger partial charge in [0.25, 0.3) is 0 Å². The van der Waals surface area contributed by atoms with Crippen LogP contribution < -0.4 is 10.6 Å². The zero-order chi connectivity index (χ0) is 17.6. The Morgan fingerprint density at radius 3 is 2.84 bits per heavy atom. The van der Waals surface area contributed by atoms with E-state index in [0.29, 0.717) is 23.8 Å². The Bertz CT molecular complexity index is 750. The highest BCUT2D eigenvalue weighted by Crippen LogP contribution is 2.29. The predicted octanol–water partition coefficient (Wildman–Crippen LogP) is 3.80. The zero-order valence-corrected chi connectivity index (χ0v) is 15.3. The SMILES string of the molecule is CCOC(=O)c1cc2cc(NC(=O)CCC3CCNCC3)ccc2s1. The fourth-order valence-electron chi connectivity index (χ4n) is 3.15. The monoisotopic (exact) mass is 360 g/mol. The average molecular weight is 360 g/mol. The van der Waals surface area contributed by atoms with Crippen molar-refractivity contribution in [1.29, 1.82) is 0 Å². The Kier molecular flexibility index (Phi) is 6.04. The van der Waals surface area contributed by atoms with Crippen LogP contribution in [0.25, 0.3) is 10.1 Å². The quantitative estimate of drug-likeness (QED) is 0.769. The van der Waals surface area contributed by atoms with Crippen molar-refractivity contribution in [3.63, 3.8) is 0 Å². The van der Waals surface area contributed by atoms with E-state index < -0.39 is 0 Å². The van der Waals surface area contributed by atoms with Crippen molar-refractivity contribution >= 4 is 39.0 Å². The molecule has 1 aliphatic rings. The number of carbonyl (C=O) groups excluding carboxylic acids is 2. The van der Waals surface area contributed by atoms with Gasteiger partial charge in [-0.15, -0.1) is 11.3 Å². The first-order valence-corrected chi connectivity index (χ1v) is 9.68. The average Bonchev–Trinajstić information content (AvgIpc) is 3.04. The molecule has 134 valence electrons. The predicted molar refractivity (Wildman–Crippen MR) is 101 cm³/mol. The number of fused-ring (bicyclic) bond motifs is 1. The van der Waals surface area contributed by atoms with E-state index in [4.69, 9.17) is 4.74 Å². The summed E-state index contributed by atoms with van der Waals surface area (Å²) in [5, 5.41) is 7.26. The van der Waals surface area contributed by atoms with Crippen LogP contribution in [0.3, 0.4) is 0 Å². The Labute approximate surface area is 151 Å². The maximum atomic E-state index is 12.2. The molecule has 5 nitrogen and oxygen atoms in total. The first-order chi connectivity index (χ1) is 12.2. The lowest BCUT2D eigenvalue weighted by Gasteiger charge is -2.22. The molecule has 1 amide bonds. The topological polar surface area (TPSA) is 67.4 Å². The lowest BCUT2D eigenvalue weighted by Crippen LogP contribution is -2.28. The minimum absolute atomic E-state index is 0.0544. The van der Waals surface area contributed by atoms with Gasteiger partial charge in [-0.2, -0.15) is 0 Å². The van der Waals surface area contributed by atoms with Crippen molar-refractivity contribution in [2.24, 2.45) is 5.92 Å². The van der Waals surface area contributed by atoms with E-state index in [-0.39, 0.29) is 11.9 Å². The molecule has 2 heterocycles. The van der Waals surface area contributed by atoms with Gasteiger partial charge in [0.15, 0.2) is 0 Å². The minimum atomic E-state index is -0.295. The molecule has 0 atom stereocenters. The van der Waals surface area contributed by atoms with Crippen LogP contribution >= 0.6 is 11.3 Å². The van der Waals surface area contributed by atoms with Crippen LogP contribution in [0.4, 0.5) is 5.69 Å². The van der Waals surface area contributed by atoms with Gasteiger partial charge in [0.05, 0.1) is 6.61 Å². The molecule has 6 heteroatoms. The molecule has 25 heavy (non-hydrogen) atoms. The summed E-state index contributed by atoms with van der Waals surface area (Å²) in [4.78, 5) is 24.6. The number of thiophene rings is 1. The number of hydrogen-bond donors (Lipinski definition) is 2. The van der Waals surface area contributed by atoms with Gasteiger partial charge < -0.3 is 15.4 Å². The van der Waals surface area contributed by atoms with E-state index in [1.165, 1.54) is 11.3 Å². The normalized spacial score (nSPS) is 15.2. The summed E-state index contributed by atoms with van der Waals surface area (Å²) in [5.74, 6) is 0.411. The van der Waals surface area contributed by atoms with Crippen molar-refractivity contribution in [3.05, 3.63) is 29.1 Å². The van der Waals surface area contributed by atoms with Crippen LogP contribution in [0, 0.1) is 5.92 Å². The van der Waals surface area contributed by atoms with E-state index in [9.17, 15) is 9.59 Å². The van der Waals surface area contributed by atoms with Gasteiger partial charge in [-0.25, -0.2) is 4.79 Å². The molecule has 1 aromatic heterocycles. The van der Waals surface area contributed by atoms with Gasteiger partial charge in [-0.1, -0.05) is 0 Å². The third-order valence-electron chi connectivity index (χ3n) is 4.52. The van der Waals surface area contributed by atoms with Gasteiger partial charge in [-0.3, -0.25) is 4.79 Å². The smallest absolute Gasteiger partial charge is 0.348 e. The highest BCUT2D eigenvalue weighted by atomic mass is 32.1. The molecular formula is C19H24N2O3S. The summed E-state index contributed by atoms with van der Waals surface area (Å²) in [6.07, 6.45) is 3.82. The van der Waals surface area contributed by atoms with E-state index in [1.807, 2.05) is 24.3 Å². The number of esters is 1. The molecule has 0 radical (unpaired) electrons. The van der Waals surface area contributed by atoms with E-state index in [0.717, 1.165) is 48.1 Å². The summed E-state index contributed by atoms with van der Waals surface area (Å²) in [6, 6.07) is 7.56. The number of carbonyl (C=O) groups is 2. The maximum absolute atomic E-state index is 12.2. The van der Waals surface area contributed by atoms with E-state index in [1.54, 1.807) is 6.92 Å². The number of benzene rings is 1. The molecule has 2 N–H and O–H groups in total. The highest BCUT2D eigenvalue weighted by Gasteiger charge is 2.15. The van der Waals surface area contributed by atoms with Crippen LogP contribution in [0.2, 0.25) is 0 Å². The maximum Gasteiger partial charge on any atom is 0.348 e. The van der Waals surface area contributed by atoms with Gasteiger partial charge in [0.1, 0.15) is 4.88 Å². The molecule has 1 fully saturated rings. The van der Waals surface area contributed by atoms with Gasteiger partial charge in [-0.05, 0) is 74.8 Å². The number of nitrogens with one attached hydrogen (secondary N) is 2. The van der Waals surface area contributed by atoms with Gasteiger partial charge in [0.2, 0.25) is 5.91 Å². The summed E-state index contributed by atoms with van der Waals surface area (Å²) >= 11 is 1.41. The zero-order valence-electron chi connectivity index (χ0n) is 14.5. The Morgan fingerprint density at radius 2 is 2.08 bits per heavy atom. The van der Waals surface area contributed by atoms with E-state index in [2.05, 4.69) is 10.6 Å². The first-order valence-electron chi connectivity index (χ1n) is 8.87. The van der Waals surface area contributed by atoms with Crippen molar-refractivity contribution in [2.45, 2.75) is 32.6 Å². The van der Waals surface area contributed by atoms with Gasteiger partial charge in [0, 0.05) is 16.8 Å².